The van der Waals surface area contributed by atoms with Gasteiger partial charge in [0.25, 0.3) is 0 Å². The molecule has 0 bridgehead atoms. The van der Waals surface area contributed by atoms with E-state index in [1.54, 1.807) is 12.1 Å². The van der Waals surface area contributed by atoms with Gasteiger partial charge in [0.2, 0.25) is 0 Å². The third-order valence-electron chi connectivity index (χ3n) is 11.7. The first-order valence-electron chi connectivity index (χ1n) is 21.7. The Morgan fingerprint density at radius 1 is 0.614 bits per heavy atom. The number of hydrogen-bond acceptors (Lipinski definition) is 4. The van der Waals surface area contributed by atoms with Gasteiger partial charge in [-0.1, -0.05) is 133 Å². The van der Waals surface area contributed by atoms with Crippen molar-refractivity contribution in [3.05, 3.63) is 148 Å². The highest BCUT2D eigenvalue weighted by Gasteiger charge is 2.24. The van der Waals surface area contributed by atoms with Crippen molar-refractivity contribution in [3.8, 4) is 6.07 Å². The second-order valence-electron chi connectivity index (χ2n) is 15.8. The maximum Gasteiger partial charge on any atom is 0.346 e. The molecule has 4 aromatic rings. The number of nitrogens with zero attached hydrogens (tertiary/aromatic N) is 3. The highest BCUT2D eigenvalue weighted by atomic mass is 16.4. The lowest BCUT2D eigenvalue weighted by atomic mass is 9.93. The van der Waals surface area contributed by atoms with Crippen LogP contribution in [0.15, 0.2) is 115 Å². The molecule has 1 N–H and O–H groups in total. The van der Waals surface area contributed by atoms with Crippen molar-refractivity contribution in [3.63, 3.8) is 0 Å². The molecule has 0 unspecified atom stereocenters. The Balaban J connectivity index is 1.19. The largest absolute Gasteiger partial charge is 0.477 e. The zero-order chi connectivity index (χ0) is 39.8. The predicted molar refractivity (Wildman–Crippen MR) is 239 cm³/mol. The molecule has 296 valence electrons. The first kappa shape index (κ1) is 41.3. The smallest absolute Gasteiger partial charge is 0.346 e. The summed E-state index contributed by atoms with van der Waals surface area (Å²) in [6.45, 7) is 6.43. The molecule has 2 aliphatic rings. The Labute approximate surface area is 342 Å². The van der Waals surface area contributed by atoms with Crippen LogP contribution in [0.1, 0.15) is 124 Å². The molecule has 0 fully saturated rings. The third kappa shape index (κ3) is 11.2. The normalized spacial score (nSPS) is 13.5. The van der Waals surface area contributed by atoms with E-state index in [4.69, 9.17) is 0 Å². The quantitative estimate of drug-likeness (QED) is 0.0396. The maximum absolute atomic E-state index is 11.4. The number of anilines is 4. The van der Waals surface area contributed by atoms with E-state index in [0.29, 0.717) is 0 Å². The molecule has 2 heterocycles. The Bertz CT molecular complexity index is 1940. The summed E-state index contributed by atoms with van der Waals surface area (Å²) in [7, 11) is 0. The van der Waals surface area contributed by atoms with Gasteiger partial charge in [0.05, 0.1) is 0 Å². The molecular formula is C52H61N3O2. The maximum atomic E-state index is 11.4. The van der Waals surface area contributed by atoms with Crippen LogP contribution in [0.2, 0.25) is 0 Å². The summed E-state index contributed by atoms with van der Waals surface area (Å²) in [6.07, 6.45) is 26.9. The molecular weight excluding hydrogens is 699 g/mol. The minimum Gasteiger partial charge on any atom is -0.477 e. The van der Waals surface area contributed by atoms with E-state index in [-0.39, 0.29) is 5.57 Å². The van der Waals surface area contributed by atoms with E-state index < -0.39 is 5.97 Å². The summed E-state index contributed by atoms with van der Waals surface area (Å²) in [5.74, 6) is -1.22. The number of carboxylic acids is 1. The number of aryl methyl sites for hydroxylation is 2. The van der Waals surface area contributed by atoms with E-state index in [1.165, 1.54) is 128 Å². The van der Waals surface area contributed by atoms with Gasteiger partial charge < -0.3 is 14.9 Å². The van der Waals surface area contributed by atoms with Gasteiger partial charge in [-0.3, -0.25) is 0 Å². The van der Waals surface area contributed by atoms with E-state index in [2.05, 4.69) is 109 Å². The number of hydrogen-bond donors (Lipinski definition) is 1. The Morgan fingerprint density at radius 2 is 1.05 bits per heavy atom. The molecule has 5 nitrogen and oxygen atoms in total. The van der Waals surface area contributed by atoms with Crippen LogP contribution in [0.25, 0.3) is 5.57 Å². The second kappa shape index (κ2) is 21.3. The number of aliphatic carboxylic acids is 1. The summed E-state index contributed by atoms with van der Waals surface area (Å²) < 4.78 is 0. The monoisotopic (exact) mass is 759 g/mol. The highest BCUT2D eigenvalue weighted by Crippen LogP contribution is 2.40. The lowest BCUT2D eigenvalue weighted by Gasteiger charge is -2.21. The van der Waals surface area contributed by atoms with Crippen LogP contribution < -0.4 is 9.80 Å². The Morgan fingerprint density at radius 3 is 1.49 bits per heavy atom. The van der Waals surface area contributed by atoms with E-state index >= 15 is 0 Å². The van der Waals surface area contributed by atoms with Gasteiger partial charge in [-0.05, 0) is 132 Å². The van der Waals surface area contributed by atoms with Crippen molar-refractivity contribution in [1.29, 1.82) is 5.26 Å². The molecule has 0 atom stereocenters. The molecule has 57 heavy (non-hydrogen) atoms. The molecule has 4 aromatic carbocycles. The fraction of sp³-hybridized carbons (Fsp3) is 0.385. The Kier molecular flexibility index (Phi) is 15.4. The molecule has 0 amide bonds. The van der Waals surface area contributed by atoms with E-state index in [9.17, 15) is 15.2 Å². The average molecular weight is 760 g/mol. The van der Waals surface area contributed by atoms with Crippen LogP contribution in [-0.2, 0) is 30.5 Å². The topological polar surface area (TPSA) is 67.6 Å². The Hall–Kier alpha value is -5.34. The first-order valence-corrected chi connectivity index (χ1v) is 21.7. The van der Waals surface area contributed by atoms with Crippen molar-refractivity contribution in [1.82, 2.24) is 0 Å². The van der Waals surface area contributed by atoms with Gasteiger partial charge in [-0.25, -0.2) is 4.79 Å². The SMILES string of the molecule is CCCCCCCCc1ccc(N2CCc3cc(C(=C/C=C/C=C(\C#N)C(=O)O)c4ccc5c(c4)CCN5c4ccc(CCCCCCCC)cc4)ccc32)cc1. The van der Waals surface area contributed by atoms with Crippen LogP contribution in [0, 0.1) is 11.3 Å². The predicted octanol–water partition coefficient (Wildman–Crippen LogP) is 13.4. The molecule has 0 saturated carbocycles. The van der Waals surface area contributed by atoms with Gasteiger partial charge in [0, 0.05) is 35.8 Å². The van der Waals surface area contributed by atoms with Crippen LogP contribution in [0.5, 0.6) is 0 Å². The van der Waals surface area contributed by atoms with Crippen molar-refractivity contribution in [2.45, 2.75) is 117 Å². The van der Waals surface area contributed by atoms with Crippen molar-refractivity contribution < 1.29 is 9.90 Å². The third-order valence-corrected chi connectivity index (χ3v) is 11.7. The zero-order valence-electron chi connectivity index (χ0n) is 34.3. The number of unbranched alkanes of at least 4 members (excludes halogenated alkanes) is 10. The minimum atomic E-state index is -1.22. The van der Waals surface area contributed by atoms with Crippen molar-refractivity contribution in [2.24, 2.45) is 0 Å². The molecule has 0 aliphatic carbocycles. The highest BCUT2D eigenvalue weighted by molar-refractivity contribution is 5.91. The molecule has 0 aromatic heterocycles. The van der Waals surface area contributed by atoms with Gasteiger partial charge >= 0.3 is 5.97 Å². The lowest BCUT2D eigenvalue weighted by Crippen LogP contribution is -2.13. The fourth-order valence-electron chi connectivity index (χ4n) is 8.40. The fourth-order valence-corrected chi connectivity index (χ4v) is 8.40. The molecule has 5 heteroatoms. The molecule has 0 spiro atoms. The first-order chi connectivity index (χ1) is 28.0. The average Bonchev–Trinajstić information content (AvgIpc) is 3.86. The van der Waals surface area contributed by atoms with E-state index in [0.717, 1.165) is 55.5 Å². The number of benzene rings is 4. The van der Waals surface area contributed by atoms with E-state index in [1.807, 2.05) is 12.2 Å². The number of nitriles is 1. The summed E-state index contributed by atoms with van der Waals surface area (Å²) in [4.78, 5) is 16.3. The van der Waals surface area contributed by atoms with Crippen molar-refractivity contribution in [2.75, 3.05) is 22.9 Å². The van der Waals surface area contributed by atoms with Crippen LogP contribution in [0.4, 0.5) is 22.7 Å². The number of carboxylic acid groups (broad SMARTS) is 1. The summed E-state index contributed by atoms with van der Waals surface area (Å²) in [5.41, 5.74) is 13.5. The standard InChI is InChI=1S/C52H61N3O2/c1-3-5-7-9-11-13-17-40-21-27-47(28-22-40)54-35-33-44-37-42(25-31-50(44)54)49(20-16-15-19-46(39-53)52(56)57)43-26-32-51-45(38-43)34-36-55(51)48-29-23-41(24-30-48)18-14-12-10-8-6-4-2/h15-16,19-32,37-38H,3-14,17-18,33-36H2,1-2H3,(H,56,57)/b16-15+,46-19+. The number of allylic oxidation sites excluding steroid dienone is 4. The zero-order valence-corrected chi connectivity index (χ0v) is 34.3. The van der Waals surface area contributed by atoms with Crippen LogP contribution in [-0.4, -0.2) is 24.2 Å². The van der Waals surface area contributed by atoms with Gasteiger partial charge in [0.1, 0.15) is 11.6 Å². The molecule has 0 saturated heterocycles. The van der Waals surface area contributed by atoms with Gasteiger partial charge in [0.15, 0.2) is 0 Å². The van der Waals surface area contributed by atoms with Crippen LogP contribution in [0.3, 0.4) is 0 Å². The summed E-state index contributed by atoms with van der Waals surface area (Å²) in [5, 5.41) is 18.6. The number of fused-ring (bicyclic) bond motifs is 2. The van der Waals surface area contributed by atoms with Crippen LogP contribution >= 0.6 is 0 Å². The molecule has 0 radical (unpaired) electrons. The van der Waals surface area contributed by atoms with Gasteiger partial charge in [-0.2, -0.15) is 5.26 Å². The number of carbonyl (C=O) groups is 1. The van der Waals surface area contributed by atoms with Gasteiger partial charge in [-0.15, -0.1) is 0 Å². The summed E-state index contributed by atoms with van der Waals surface area (Å²) >= 11 is 0. The summed E-state index contributed by atoms with van der Waals surface area (Å²) in [6, 6.07) is 33.7. The lowest BCUT2D eigenvalue weighted by molar-refractivity contribution is -0.132. The molecule has 6 rings (SSSR count). The number of rotatable bonds is 21. The minimum absolute atomic E-state index is 0.290. The molecule has 2 aliphatic heterocycles. The van der Waals surface area contributed by atoms with Crippen molar-refractivity contribution >= 4 is 34.3 Å². The second-order valence-corrected chi connectivity index (χ2v) is 15.8.